The maximum absolute atomic E-state index is 4.63. The molecule has 19 heavy (non-hydrogen) atoms. The Hall–Kier alpha value is -1.91. The van der Waals surface area contributed by atoms with Crippen LogP contribution in [0.15, 0.2) is 18.5 Å². The summed E-state index contributed by atoms with van der Waals surface area (Å²) in [7, 11) is 0. The Morgan fingerprint density at radius 3 is 3.11 bits per heavy atom. The van der Waals surface area contributed by atoms with Crippen LogP contribution in [-0.2, 0) is 6.42 Å². The number of nitrogens with zero attached hydrogens (tertiary/aromatic N) is 3. The molecule has 5 nitrogen and oxygen atoms in total. The average molecular weight is 255 g/mol. The smallest absolute Gasteiger partial charge is 0.133 e. The molecule has 1 fully saturated rings. The Labute approximate surface area is 111 Å². The van der Waals surface area contributed by atoms with E-state index in [9.17, 15) is 0 Å². The Morgan fingerprint density at radius 1 is 1.26 bits per heavy atom. The first-order chi connectivity index (χ1) is 9.40. The first kappa shape index (κ1) is 11.0. The zero-order valence-corrected chi connectivity index (χ0v) is 10.8. The Morgan fingerprint density at radius 2 is 2.21 bits per heavy atom. The quantitative estimate of drug-likeness (QED) is 0.884. The van der Waals surface area contributed by atoms with Gasteiger partial charge in [0, 0.05) is 12.1 Å². The van der Waals surface area contributed by atoms with Crippen molar-refractivity contribution in [1.29, 1.82) is 0 Å². The fraction of sp³-hybridized carbons (Fsp3) is 0.500. The lowest BCUT2D eigenvalue weighted by atomic mass is 9.94. The van der Waals surface area contributed by atoms with Crippen molar-refractivity contribution in [3.8, 4) is 0 Å². The summed E-state index contributed by atoms with van der Waals surface area (Å²) in [5.41, 5.74) is 2.55. The van der Waals surface area contributed by atoms with E-state index < -0.39 is 0 Å². The van der Waals surface area contributed by atoms with Gasteiger partial charge in [0.05, 0.1) is 17.9 Å². The lowest BCUT2D eigenvalue weighted by molar-refractivity contribution is 0.586. The zero-order chi connectivity index (χ0) is 12.7. The molecule has 0 aromatic carbocycles. The van der Waals surface area contributed by atoms with Crippen molar-refractivity contribution in [3.63, 3.8) is 0 Å². The second-order valence-corrected chi connectivity index (χ2v) is 5.47. The van der Waals surface area contributed by atoms with Crippen LogP contribution in [0.4, 0.5) is 5.82 Å². The van der Waals surface area contributed by atoms with Crippen LogP contribution in [0.25, 0.3) is 0 Å². The van der Waals surface area contributed by atoms with E-state index in [2.05, 4.69) is 25.5 Å². The monoisotopic (exact) mass is 255 g/mol. The maximum Gasteiger partial charge on any atom is 0.133 e. The van der Waals surface area contributed by atoms with Gasteiger partial charge >= 0.3 is 0 Å². The molecule has 0 spiro atoms. The number of H-pyrrole nitrogens is 1. The molecular formula is C14H17N5. The predicted molar refractivity (Wildman–Crippen MR) is 71.9 cm³/mol. The highest BCUT2D eigenvalue weighted by molar-refractivity contribution is 5.39. The molecule has 98 valence electrons. The number of aromatic nitrogens is 4. The molecule has 2 N–H and O–H groups in total. The van der Waals surface area contributed by atoms with Gasteiger partial charge in [0.25, 0.3) is 0 Å². The molecule has 1 atom stereocenters. The molecule has 0 amide bonds. The van der Waals surface area contributed by atoms with Gasteiger partial charge in [-0.2, -0.15) is 5.10 Å². The van der Waals surface area contributed by atoms with Crippen molar-refractivity contribution in [2.45, 2.75) is 44.1 Å². The van der Waals surface area contributed by atoms with Crippen LogP contribution >= 0.6 is 0 Å². The van der Waals surface area contributed by atoms with Crippen LogP contribution < -0.4 is 5.32 Å². The normalized spacial score (nSPS) is 22.0. The Balaban J connectivity index is 1.57. The predicted octanol–water partition coefficient (Wildman–Crippen LogP) is 2.57. The van der Waals surface area contributed by atoms with Crippen LogP contribution in [-0.4, -0.2) is 20.2 Å². The molecule has 0 aliphatic heterocycles. The first-order valence-corrected chi connectivity index (χ1v) is 7.02. The first-order valence-electron chi connectivity index (χ1n) is 7.02. The number of aryl methyl sites for hydroxylation is 1. The molecule has 5 heteroatoms. The molecule has 1 saturated carbocycles. The van der Waals surface area contributed by atoms with Crippen LogP contribution in [0.2, 0.25) is 0 Å². The van der Waals surface area contributed by atoms with Gasteiger partial charge in [0.2, 0.25) is 0 Å². The average Bonchev–Trinajstić information content (AvgIpc) is 3.17. The summed E-state index contributed by atoms with van der Waals surface area (Å²) in [4.78, 5) is 8.99. The number of hydrogen-bond acceptors (Lipinski definition) is 4. The van der Waals surface area contributed by atoms with Crippen LogP contribution in [0.3, 0.4) is 0 Å². The highest BCUT2D eigenvalue weighted by atomic mass is 15.1. The summed E-state index contributed by atoms with van der Waals surface area (Å²) in [6.45, 7) is 0. The highest BCUT2D eigenvalue weighted by Crippen LogP contribution is 2.38. The number of hydrogen-bond donors (Lipinski definition) is 2. The van der Waals surface area contributed by atoms with Gasteiger partial charge in [0.15, 0.2) is 0 Å². The highest BCUT2D eigenvalue weighted by Gasteiger charge is 2.27. The third kappa shape index (κ3) is 2.09. The van der Waals surface area contributed by atoms with Crippen molar-refractivity contribution in [1.82, 2.24) is 20.2 Å². The summed E-state index contributed by atoms with van der Waals surface area (Å²) in [5.74, 6) is 2.52. The van der Waals surface area contributed by atoms with E-state index in [1.165, 1.54) is 30.5 Å². The molecule has 1 unspecified atom stereocenters. The topological polar surface area (TPSA) is 66.5 Å². The van der Waals surface area contributed by atoms with Crippen LogP contribution in [0.1, 0.15) is 54.7 Å². The van der Waals surface area contributed by atoms with Crippen LogP contribution in [0.5, 0.6) is 0 Å². The van der Waals surface area contributed by atoms with Gasteiger partial charge in [0.1, 0.15) is 11.6 Å². The minimum Gasteiger partial charge on any atom is -0.362 e. The fourth-order valence-corrected chi connectivity index (χ4v) is 2.78. The lowest BCUT2D eigenvalue weighted by Gasteiger charge is -2.23. The number of rotatable bonds is 3. The van der Waals surface area contributed by atoms with E-state index in [1.807, 2.05) is 18.5 Å². The fourth-order valence-electron chi connectivity index (χ4n) is 2.78. The summed E-state index contributed by atoms with van der Waals surface area (Å²) >= 11 is 0. The summed E-state index contributed by atoms with van der Waals surface area (Å²) in [5, 5.41) is 10.8. The van der Waals surface area contributed by atoms with E-state index in [0.29, 0.717) is 12.0 Å². The van der Waals surface area contributed by atoms with Gasteiger partial charge in [-0.15, -0.1) is 0 Å². The van der Waals surface area contributed by atoms with Crippen LogP contribution in [0, 0.1) is 0 Å². The van der Waals surface area contributed by atoms with Gasteiger partial charge in [-0.05, 0) is 43.7 Å². The maximum atomic E-state index is 4.63. The van der Waals surface area contributed by atoms with E-state index >= 15 is 0 Å². The van der Waals surface area contributed by atoms with Gasteiger partial charge < -0.3 is 5.32 Å². The standard InChI is InChI=1S/C14H17N5/c1-2-10-8-16-19-13(10)11(3-1)17-12-6-7-15-14(18-12)9-4-5-9/h6-9,11H,1-5H2,(H,16,19)(H,15,17,18). The lowest BCUT2D eigenvalue weighted by Crippen LogP contribution is -2.18. The molecule has 0 radical (unpaired) electrons. The van der Waals surface area contributed by atoms with E-state index in [1.54, 1.807) is 0 Å². The summed E-state index contributed by atoms with van der Waals surface area (Å²) < 4.78 is 0. The van der Waals surface area contributed by atoms with Crippen molar-refractivity contribution in [2.75, 3.05) is 5.32 Å². The summed E-state index contributed by atoms with van der Waals surface area (Å²) in [6.07, 6.45) is 9.72. The van der Waals surface area contributed by atoms with E-state index in [4.69, 9.17) is 0 Å². The molecule has 2 aromatic heterocycles. The molecule has 2 aromatic rings. The van der Waals surface area contributed by atoms with Crippen molar-refractivity contribution >= 4 is 5.82 Å². The zero-order valence-electron chi connectivity index (χ0n) is 10.8. The number of aromatic amines is 1. The van der Waals surface area contributed by atoms with Crippen molar-refractivity contribution in [2.24, 2.45) is 0 Å². The molecule has 2 aliphatic carbocycles. The van der Waals surface area contributed by atoms with Crippen molar-refractivity contribution < 1.29 is 0 Å². The molecule has 2 aliphatic rings. The Bertz CT molecular complexity index is 587. The molecule has 0 bridgehead atoms. The Kier molecular flexibility index (Phi) is 2.50. The molecular weight excluding hydrogens is 238 g/mol. The number of nitrogens with one attached hydrogen (secondary N) is 2. The van der Waals surface area contributed by atoms with E-state index in [0.717, 1.165) is 24.5 Å². The van der Waals surface area contributed by atoms with Gasteiger partial charge in [-0.3, -0.25) is 5.10 Å². The van der Waals surface area contributed by atoms with E-state index in [-0.39, 0.29) is 0 Å². The SMILES string of the molecule is c1cc(NC2CCCc3cn[nH]c32)nc(C2CC2)n1. The minimum atomic E-state index is 0.299. The second kappa shape index (κ2) is 4.33. The minimum absolute atomic E-state index is 0.299. The largest absolute Gasteiger partial charge is 0.362 e. The molecule has 4 rings (SSSR count). The van der Waals surface area contributed by atoms with Crippen molar-refractivity contribution in [3.05, 3.63) is 35.5 Å². The second-order valence-electron chi connectivity index (χ2n) is 5.47. The van der Waals surface area contributed by atoms with Gasteiger partial charge in [-0.25, -0.2) is 9.97 Å². The molecule has 2 heterocycles. The number of anilines is 1. The third-order valence-corrected chi connectivity index (χ3v) is 3.98. The van der Waals surface area contributed by atoms with Gasteiger partial charge in [-0.1, -0.05) is 0 Å². The summed E-state index contributed by atoms with van der Waals surface area (Å²) in [6, 6.07) is 2.25. The molecule has 0 saturated heterocycles. The third-order valence-electron chi connectivity index (χ3n) is 3.98. The number of fused-ring (bicyclic) bond motifs is 1.